The van der Waals surface area contributed by atoms with Crippen molar-refractivity contribution in [3.8, 4) is 6.07 Å². The second-order valence-electron chi connectivity index (χ2n) is 4.96. The zero-order valence-corrected chi connectivity index (χ0v) is 10.4. The molecule has 4 atom stereocenters. The highest BCUT2D eigenvalue weighted by Gasteiger charge is 2.50. The van der Waals surface area contributed by atoms with Gasteiger partial charge in [0, 0.05) is 19.5 Å². The van der Waals surface area contributed by atoms with E-state index in [0.29, 0.717) is 13.0 Å². The van der Waals surface area contributed by atoms with Crippen LogP contribution in [0.1, 0.15) is 19.3 Å². The molecule has 2 fully saturated rings. The summed E-state index contributed by atoms with van der Waals surface area (Å²) in [4.78, 5) is 25.1. The van der Waals surface area contributed by atoms with Gasteiger partial charge in [0.2, 0.25) is 11.8 Å². The van der Waals surface area contributed by atoms with Crippen molar-refractivity contribution >= 4 is 11.8 Å². The van der Waals surface area contributed by atoms with Gasteiger partial charge in [-0.25, -0.2) is 0 Å². The SMILES string of the molecule is CNC(=O)[C@H]1C[C@@H]1[C@H](N)C(=O)N1CCCC1C#N. The fraction of sp³-hybridized carbons (Fsp3) is 0.750. The van der Waals surface area contributed by atoms with Crippen molar-refractivity contribution in [2.45, 2.75) is 31.3 Å². The molecule has 0 aromatic carbocycles. The molecular formula is C12H18N4O2. The number of nitrogens with one attached hydrogen (secondary N) is 1. The highest BCUT2D eigenvalue weighted by Crippen LogP contribution is 2.41. The summed E-state index contributed by atoms with van der Waals surface area (Å²) >= 11 is 0. The van der Waals surface area contributed by atoms with Crippen LogP contribution in [0.25, 0.3) is 0 Å². The van der Waals surface area contributed by atoms with Gasteiger partial charge in [0.1, 0.15) is 6.04 Å². The summed E-state index contributed by atoms with van der Waals surface area (Å²) in [7, 11) is 1.58. The molecule has 3 N–H and O–H groups in total. The standard InChI is InChI=1S/C12H18N4O2/c1-15-11(17)9-5-8(9)10(14)12(18)16-4-2-3-7(16)6-13/h7-10H,2-5,14H2,1H3,(H,15,17)/t7?,8-,9-,10-/m0/s1. The first-order valence-electron chi connectivity index (χ1n) is 6.27. The lowest BCUT2D eigenvalue weighted by molar-refractivity contribution is -0.133. The number of hydrogen-bond acceptors (Lipinski definition) is 4. The summed E-state index contributed by atoms with van der Waals surface area (Å²) in [6.07, 6.45) is 2.23. The Bertz CT molecular complexity index is 403. The number of amides is 2. The van der Waals surface area contributed by atoms with Crippen LogP contribution in [-0.2, 0) is 9.59 Å². The van der Waals surface area contributed by atoms with Crippen LogP contribution >= 0.6 is 0 Å². The molecule has 6 nitrogen and oxygen atoms in total. The van der Waals surface area contributed by atoms with E-state index >= 15 is 0 Å². The Hall–Kier alpha value is -1.61. The molecule has 18 heavy (non-hydrogen) atoms. The molecule has 2 aliphatic rings. The number of likely N-dealkylation sites (tertiary alicyclic amines) is 1. The van der Waals surface area contributed by atoms with Crippen molar-refractivity contribution in [3.05, 3.63) is 0 Å². The normalized spacial score (nSPS) is 31.6. The zero-order valence-electron chi connectivity index (χ0n) is 10.4. The number of carbonyl (C=O) groups excluding carboxylic acids is 2. The van der Waals surface area contributed by atoms with Crippen LogP contribution in [0.3, 0.4) is 0 Å². The molecule has 2 rings (SSSR count). The molecule has 0 bridgehead atoms. The average Bonchev–Trinajstić information content (AvgIpc) is 3.05. The van der Waals surface area contributed by atoms with Gasteiger partial charge < -0.3 is 16.0 Å². The van der Waals surface area contributed by atoms with E-state index in [2.05, 4.69) is 11.4 Å². The number of carbonyl (C=O) groups is 2. The molecular weight excluding hydrogens is 232 g/mol. The van der Waals surface area contributed by atoms with Gasteiger partial charge in [-0.05, 0) is 25.2 Å². The smallest absolute Gasteiger partial charge is 0.240 e. The molecule has 2 amide bonds. The zero-order chi connectivity index (χ0) is 13.3. The summed E-state index contributed by atoms with van der Waals surface area (Å²) in [5.41, 5.74) is 5.92. The van der Waals surface area contributed by atoms with Gasteiger partial charge in [-0.2, -0.15) is 5.26 Å². The van der Waals surface area contributed by atoms with E-state index in [9.17, 15) is 9.59 Å². The molecule has 98 valence electrons. The van der Waals surface area contributed by atoms with Crippen molar-refractivity contribution in [1.29, 1.82) is 5.26 Å². The first-order chi connectivity index (χ1) is 8.60. The predicted molar refractivity (Wildman–Crippen MR) is 64.0 cm³/mol. The second kappa shape index (κ2) is 4.94. The Morgan fingerprint density at radius 2 is 2.28 bits per heavy atom. The Morgan fingerprint density at radius 1 is 1.56 bits per heavy atom. The van der Waals surface area contributed by atoms with Crippen molar-refractivity contribution in [2.24, 2.45) is 17.6 Å². The predicted octanol–water partition coefficient (Wildman–Crippen LogP) is -0.790. The van der Waals surface area contributed by atoms with E-state index < -0.39 is 6.04 Å². The first kappa shape index (κ1) is 12.8. The minimum absolute atomic E-state index is 0.0542. The lowest BCUT2D eigenvalue weighted by Crippen LogP contribution is -2.47. The van der Waals surface area contributed by atoms with Crippen LogP contribution in [0, 0.1) is 23.2 Å². The van der Waals surface area contributed by atoms with Gasteiger partial charge in [0.25, 0.3) is 0 Å². The Balaban J connectivity index is 1.95. The van der Waals surface area contributed by atoms with Crippen molar-refractivity contribution < 1.29 is 9.59 Å². The largest absolute Gasteiger partial charge is 0.359 e. The Morgan fingerprint density at radius 3 is 2.89 bits per heavy atom. The third-order valence-corrected chi connectivity index (χ3v) is 3.85. The maximum atomic E-state index is 12.2. The molecule has 0 spiro atoms. The number of hydrogen-bond donors (Lipinski definition) is 2. The molecule has 6 heteroatoms. The fourth-order valence-electron chi connectivity index (χ4n) is 2.64. The van der Waals surface area contributed by atoms with Crippen LogP contribution in [0.5, 0.6) is 0 Å². The van der Waals surface area contributed by atoms with Crippen molar-refractivity contribution in [1.82, 2.24) is 10.2 Å². The Kier molecular flexibility index (Phi) is 3.53. The minimum Gasteiger partial charge on any atom is -0.359 e. The van der Waals surface area contributed by atoms with E-state index in [1.807, 2.05) is 0 Å². The molecule has 1 heterocycles. The molecule has 0 radical (unpaired) electrons. The monoisotopic (exact) mass is 250 g/mol. The van der Waals surface area contributed by atoms with E-state index in [0.717, 1.165) is 12.8 Å². The van der Waals surface area contributed by atoms with Gasteiger partial charge in [-0.1, -0.05) is 0 Å². The van der Waals surface area contributed by atoms with Crippen LogP contribution in [0.2, 0.25) is 0 Å². The Labute approximate surface area is 106 Å². The number of rotatable bonds is 3. The first-order valence-corrected chi connectivity index (χ1v) is 6.27. The van der Waals surface area contributed by atoms with Gasteiger partial charge in [-0.3, -0.25) is 9.59 Å². The summed E-state index contributed by atoms with van der Waals surface area (Å²) in [5, 5.41) is 11.5. The second-order valence-corrected chi connectivity index (χ2v) is 4.96. The van der Waals surface area contributed by atoms with E-state index in [4.69, 9.17) is 11.0 Å². The molecule has 1 aliphatic heterocycles. The van der Waals surface area contributed by atoms with Gasteiger partial charge in [-0.15, -0.1) is 0 Å². The minimum atomic E-state index is -0.652. The maximum Gasteiger partial charge on any atom is 0.240 e. The summed E-state index contributed by atoms with van der Waals surface area (Å²) in [6, 6.07) is 1.13. The van der Waals surface area contributed by atoms with Crippen LogP contribution in [0.15, 0.2) is 0 Å². The van der Waals surface area contributed by atoms with Crippen molar-refractivity contribution in [3.63, 3.8) is 0 Å². The third-order valence-electron chi connectivity index (χ3n) is 3.85. The number of nitrogens with zero attached hydrogens (tertiary/aromatic N) is 2. The fourth-order valence-corrected chi connectivity index (χ4v) is 2.64. The summed E-state index contributed by atoms with van der Waals surface area (Å²) in [6.45, 7) is 0.599. The lowest BCUT2D eigenvalue weighted by Gasteiger charge is -2.23. The van der Waals surface area contributed by atoms with Gasteiger partial charge >= 0.3 is 0 Å². The molecule has 1 saturated carbocycles. The average molecular weight is 250 g/mol. The van der Waals surface area contributed by atoms with Gasteiger partial charge in [0.05, 0.1) is 12.1 Å². The van der Waals surface area contributed by atoms with Gasteiger partial charge in [0.15, 0.2) is 0 Å². The third kappa shape index (κ3) is 2.18. The van der Waals surface area contributed by atoms with E-state index in [-0.39, 0.29) is 29.7 Å². The number of nitrogens with two attached hydrogens (primary N) is 1. The topological polar surface area (TPSA) is 99.2 Å². The van der Waals surface area contributed by atoms with Crippen LogP contribution in [0.4, 0.5) is 0 Å². The quantitative estimate of drug-likeness (QED) is 0.685. The highest BCUT2D eigenvalue weighted by atomic mass is 16.2. The van der Waals surface area contributed by atoms with E-state index in [1.54, 1.807) is 11.9 Å². The van der Waals surface area contributed by atoms with Crippen LogP contribution < -0.4 is 11.1 Å². The molecule has 0 aromatic heterocycles. The maximum absolute atomic E-state index is 12.2. The summed E-state index contributed by atoms with van der Waals surface area (Å²) in [5.74, 6) is -0.452. The number of nitriles is 1. The van der Waals surface area contributed by atoms with Crippen molar-refractivity contribution in [2.75, 3.05) is 13.6 Å². The lowest BCUT2D eigenvalue weighted by atomic mass is 10.1. The summed E-state index contributed by atoms with van der Waals surface area (Å²) < 4.78 is 0. The molecule has 0 aromatic rings. The highest BCUT2D eigenvalue weighted by molar-refractivity contribution is 5.87. The van der Waals surface area contributed by atoms with E-state index in [1.165, 1.54) is 0 Å². The molecule has 1 aliphatic carbocycles. The van der Waals surface area contributed by atoms with Crippen LogP contribution in [-0.4, -0.2) is 42.4 Å². The molecule has 1 saturated heterocycles. The molecule has 1 unspecified atom stereocenters.